The fraction of sp³-hybridized carbons (Fsp3) is 0.300. The van der Waals surface area contributed by atoms with Crippen LogP contribution >= 0.6 is 11.6 Å². The van der Waals surface area contributed by atoms with Crippen molar-refractivity contribution in [3.63, 3.8) is 0 Å². The summed E-state index contributed by atoms with van der Waals surface area (Å²) in [6, 6.07) is 7.25. The molecule has 3 rings (SSSR count). The number of amides is 2. The highest BCUT2D eigenvalue weighted by atomic mass is 35.5. The maximum absolute atomic E-state index is 14.5. The van der Waals surface area contributed by atoms with Crippen molar-refractivity contribution < 1.29 is 28.2 Å². The van der Waals surface area contributed by atoms with E-state index in [1.165, 1.54) is 25.3 Å². The largest absolute Gasteiger partial charge is 0.493 e. The molecule has 0 saturated carbocycles. The van der Waals surface area contributed by atoms with Gasteiger partial charge in [-0.15, -0.1) is 0 Å². The number of nitrogens with two attached hydrogens (primary N) is 1. The summed E-state index contributed by atoms with van der Waals surface area (Å²) in [5.41, 5.74) is 5.98. The van der Waals surface area contributed by atoms with Crippen LogP contribution in [0.15, 0.2) is 30.3 Å². The summed E-state index contributed by atoms with van der Waals surface area (Å²) in [7, 11) is 1.37. The lowest BCUT2D eigenvalue weighted by molar-refractivity contribution is -0.119. The summed E-state index contributed by atoms with van der Waals surface area (Å²) < 4.78 is 30.2. The van der Waals surface area contributed by atoms with Crippen LogP contribution in [0.1, 0.15) is 10.4 Å². The molecular weight excluding hydrogens is 417 g/mol. The summed E-state index contributed by atoms with van der Waals surface area (Å²) in [5.74, 6) is -1.40. The van der Waals surface area contributed by atoms with Crippen LogP contribution in [0.25, 0.3) is 0 Å². The number of halogens is 2. The number of carbonyl (C=O) groups excluding carboxylic acids is 2. The SMILES string of the molecule is COc1cc(C(=O)Nc2ccc(N3CCOCC3)c(F)c2)cc(Cl)c1OCC(N)=O. The van der Waals surface area contributed by atoms with Crippen molar-refractivity contribution in [2.75, 3.05) is 50.2 Å². The summed E-state index contributed by atoms with van der Waals surface area (Å²) in [5, 5.41) is 2.69. The van der Waals surface area contributed by atoms with Gasteiger partial charge in [0.25, 0.3) is 11.8 Å². The molecule has 0 unspecified atom stereocenters. The molecule has 1 heterocycles. The van der Waals surface area contributed by atoms with Crippen LogP contribution in [0.3, 0.4) is 0 Å². The molecule has 10 heteroatoms. The highest BCUT2D eigenvalue weighted by Crippen LogP contribution is 2.36. The van der Waals surface area contributed by atoms with E-state index in [-0.39, 0.29) is 22.1 Å². The molecule has 1 aliphatic heterocycles. The van der Waals surface area contributed by atoms with Crippen molar-refractivity contribution in [1.82, 2.24) is 0 Å². The number of morpholine rings is 1. The Labute approximate surface area is 177 Å². The molecule has 0 atom stereocenters. The van der Waals surface area contributed by atoms with Crippen LogP contribution in [0, 0.1) is 5.82 Å². The van der Waals surface area contributed by atoms with Gasteiger partial charge < -0.3 is 30.2 Å². The van der Waals surface area contributed by atoms with Crippen LogP contribution in [-0.4, -0.2) is 51.8 Å². The van der Waals surface area contributed by atoms with E-state index in [1.807, 2.05) is 4.90 Å². The minimum Gasteiger partial charge on any atom is -0.493 e. The van der Waals surface area contributed by atoms with Crippen LogP contribution in [0.5, 0.6) is 11.5 Å². The Morgan fingerprint density at radius 3 is 2.63 bits per heavy atom. The van der Waals surface area contributed by atoms with Gasteiger partial charge in [-0.3, -0.25) is 9.59 Å². The minimum absolute atomic E-state index is 0.0644. The highest BCUT2D eigenvalue weighted by Gasteiger charge is 2.19. The van der Waals surface area contributed by atoms with Gasteiger partial charge in [-0.2, -0.15) is 0 Å². The number of benzene rings is 2. The van der Waals surface area contributed by atoms with Gasteiger partial charge in [-0.05, 0) is 30.3 Å². The average Bonchev–Trinajstić information content (AvgIpc) is 2.72. The summed E-state index contributed by atoms with van der Waals surface area (Å²) >= 11 is 6.16. The molecule has 0 aromatic heterocycles. The number of rotatable bonds is 7. The number of ether oxygens (including phenoxy) is 3. The van der Waals surface area contributed by atoms with E-state index < -0.39 is 24.2 Å². The fourth-order valence-electron chi connectivity index (χ4n) is 2.98. The molecule has 2 aromatic carbocycles. The van der Waals surface area contributed by atoms with E-state index in [1.54, 1.807) is 12.1 Å². The van der Waals surface area contributed by atoms with Crippen molar-refractivity contribution in [3.05, 3.63) is 46.7 Å². The van der Waals surface area contributed by atoms with E-state index >= 15 is 0 Å². The van der Waals surface area contributed by atoms with E-state index in [9.17, 15) is 14.0 Å². The Balaban J connectivity index is 1.76. The van der Waals surface area contributed by atoms with Gasteiger partial charge in [0.15, 0.2) is 18.1 Å². The second-order valence-corrected chi connectivity index (χ2v) is 6.87. The van der Waals surface area contributed by atoms with Gasteiger partial charge in [-0.1, -0.05) is 11.6 Å². The highest BCUT2D eigenvalue weighted by molar-refractivity contribution is 6.32. The van der Waals surface area contributed by atoms with Crippen molar-refractivity contribution >= 4 is 34.8 Å². The first-order chi connectivity index (χ1) is 14.4. The van der Waals surface area contributed by atoms with Crippen molar-refractivity contribution in [2.45, 2.75) is 0 Å². The number of nitrogens with zero attached hydrogens (tertiary/aromatic N) is 1. The molecule has 2 amide bonds. The minimum atomic E-state index is -0.683. The van der Waals surface area contributed by atoms with Crippen LogP contribution in [0.4, 0.5) is 15.8 Å². The number of hydrogen-bond donors (Lipinski definition) is 2. The molecule has 8 nitrogen and oxygen atoms in total. The van der Waals surface area contributed by atoms with Gasteiger partial charge in [0.1, 0.15) is 5.82 Å². The molecule has 0 spiro atoms. The van der Waals surface area contributed by atoms with Crippen molar-refractivity contribution in [3.8, 4) is 11.5 Å². The Morgan fingerprint density at radius 2 is 2.00 bits per heavy atom. The lowest BCUT2D eigenvalue weighted by atomic mass is 10.1. The molecule has 160 valence electrons. The topological polar surface area (TPSA) is 103 Å². The van der Waals surface area contributed by atoms with Gasteiger partial charge in [0, 0.05) is 24.3 Å². The zero-order chi connectivity index (χ0) is 21.7. The zero-order valence-electron chi connectivity index (χ0n) is 16.2. The zero-order valence-corrected chi connectivity index (χ0v) is 17.0. The molecule has 2 aromatic rings. The third kappa shape index (κ3) is 5.11. The van der Waals surface area contributed by atoms with E-state index in [0.29, 0.717) is 37.7 Å². The van der Waals surface area contributed by atoms with Crippen LogP contribution in [-0.2, 0) is 9.53 Å². The van der Waals surface area contributed by atoms with Crippen molar-refractivity contribution in [1.29, 1.82) is 0 Å². The Morgan fingerprint density at radius 1 is 1.27 bits per heavy atom. The number of hydrogen-bond acceptors (Lipinski definition) is 6. The summed E-state index contributed by atoms with van der Waals surface area (Å²) in [6.45, 7) is 1.89. The van der Waals surface area contributed by atoms with E-state index in [0.717, 1.165) is 0 Å². The summed E-state index contributed by atoms with van der Waals surface area (Å²) in [4.78, 5) is 25.4. The lowest BCUT2D eigenvalue weighted by Gasteiger charge is -2.29. The summed E-state index contributed by atoms with van der Waals surface area (Å²) in [6.07, 6.45) is 0. The number of carbonyl (C=O) groups is 2. The average molecular weight is 438 g/mol. The van der Waals surface area contributed by atoms with E-state index in [2.05, 4.69) is 5.32 Å². The van der Waals surface area contributed by atoms with Crippen LogP contribution in [0.2, 0.25) is 5.02 Å². The molecule has 0 bridgehead atoms. The second kappa shape index (κ2) is 9.64. The maximum atomic E-state index is 14.5. The van der Waals surface area contributed by atoms with Crippen molar-refractivity contribution in [2.24, 2.45) is 5.73 Å². The quantitative estimate of drug-likeness (QED) is 0.689. The maximum Gasteiger partial charge on any atom is 0.255 e. The molecular formula is C20H21ClFN3O5. The predicted octanol–water partition coefficient (Wildman–Crippen LogP) is 2.44. The third-order valence-electron chi connectivity index (χ3n) is 4.41. The molecule has 30 heavy (non-hydrogen) atoms. The van der Waals surface area contributed by atoms with Gasteiger partial charge in [0.2, 0.25) is 0 Å². The fourth-order valence-corrected chi connectivity index (χ4v) is 3.25. The van der Waals surface area contributed by atoms with Gasteiger partial charge in [0.05, 0.1) is 31.0 Å². The first kappa shape index (κ1) is 21.7. The molecule has 0 radical (unpaired) electrons. The first-order valence-corrected chi connectivity index (χ1v) is 9.49. The van der Waals surface area contributed by atoms with Gasteiger partial charge in [-0.25, -0.2) is 4.39 Å². The molecule has 1 aliphatic rings. The first-order valence-electron chi connectivity index (χ1n) is 9.11. The second-order valence-electron chi connectivity index (χ2n) is 6.46. The number of primary amides is 1. The van der Waals surface area contributed by atoms with Crippen LogP contribution < -0.4 is 25.4 Å². The smallest absolute Gasteiger partial charge is 0.255 e. The number of nitrogens with one attached hydrogen (secondary N) is 1. The Hall–Kier alpha value is -3.04. The van der Waals surface area contributed by atoms with Gasteiger partial charge >= 0.3 is 0 Å². The molecule has 1 fully saturated rings. The Bertz CT molecular complexity index is 950. The number of anilines is 2. The van der Waals surface area contributed by atoms with E-state index in [4.69, 9.17) is 31.5 Å². The predicted molar refractivity (Wildman–Crippen MR) is 110 cm³/mol. The lowest BCUT2D eigenvalue weighted by Crippen LogP contribution is -2.36. The normalized spacial score (nSPS) is 13.6. The third-order valence-corrected chi connectivity index (χ3v) is 4.69. The molecule has 0 aliphatic carbocycles. The molecule has 3 N–H and O–H groups in total. The Kier molecular flexibility index (Phi) is 6.96. The number of methoxy groups -OCH3 is 1. The standard InChI is InChI=1S/C20H21ClFN3O5/c1-28-17-9-12(8-14(21)19(17)30-11-18(23)26)20(27)24-13-2-3-16(15(22)10-13)25-4-6-29-7-5-25/h2-3,8-10H,4-7,11H2,1H3,(H2,23,26)(H,24,27). The molecule has 1 saturated heterocycles. The monoisotopic (exact) mass is 437 g/mol.